The van der Waals surface area contributed by atoms with Gasteiger partial charge in [0.15, 0.2) is 17.5 Å². The molecule has 0 bridgehead atoms. The Morgan fingerprint density at radius 3 is 2.25 bits per heavy atom. The van der Waals surface area contributed by atoms with Crippen LogP contribution in [-0.4, -0.2) is 40.4 Å². The van der Waals surface area contributed by atoms with E-state index in [-0.39, 0.29) is 39.8 Å². The third-order valence-corrected chi connectivity index (χ3v) is 6.00. The van der Waals surface area contributed by atoms with E-state index in [1.807, 2.05) is 0 Å². The maximum atomic E-state index is 13.1. The molecule has 2 aromatic carbocycles. The molecule has 2 heterocycles. The standard InChI is InChI=1S/C22H18Cl3F3N6O2/c1-12(35)19-29-17(30-34(19)18-15(24)3-2-4-16(18)25)11-33-21(36)32(10-9-22(26,27)28)20(31-33)13-5-7-14(23)8-6-13/h2-8,12,35H,9-11H2,1H3. The molecule has 0 amide bonds. The van der Waals surface area contributed by atoms with Crippen molar-refractivity contribution in [2.24, 2.45) is 0 Å². The molecule has 190 valence electrons. The molecule has 2 aromatic heterocycles. The molecule has 14 heteroatoms. The Bertz CT molecular complexity index is 1420. The van der Waals surface area contributed by atoms with Gasteiger partial charge in [-0.3, -0.25) is 4.57 Å². The molecule has 1 atom stereocenters. The fourth-order valence-electron chi connectivity index (χ4n) is 3.49. The lowest BCUT2D eigenvalue weighted by Gasteiger charge is -2.10. The first-order chi connectivity index (χ1) is 16.9. The molecule has 0 radical (unpaired) electrons. The van der Waals surface area contributed by atoms with Crippen LogP contribution < -0.4 is 5.69 Å². The summed E-state index contributed by atoms with van der Waals surface area (Å²) >= 11 is 18.5. The Hall–Kier alpha value is -2.86. The molecule has 0 saturated heterocycles. The average molecular weight is 562 g/mol. The van der Waals surface area contributed by atoms with E-state index in [0.717, 1.165) is 9.25 Å². The zero-order valence-corrected chi connectivity index (χ0v) is 20.8. The minimum atomic E-state index is -4.47. The van der Waals surface area contributed by atoms with Gasteiger partial charge in [0, 0.05) is 17.1 Å². The zero-order valence-electron chi connectivity index (χ0n) is 18.5. The molecule has 0 fully saturated rings. The molecule has 8 nitrogen and oxygen atoms in total. The van der Waals surface area contributed by atoms with Gasteiger partial charge < -0.3 is 5.11 Å². The van der Waals surface area contributed by atoms with E-state index >= 15 is 0 Å². The highest BCUT2D eigenvalue weighted by Gasteiger charge is 2.29. The first kappa shape index (κ1) is 26.2. The van der Waals surface area contributed by atoms with Crippen molar-refractivity contribution in [2.75, 3.05) is 0 Å². The summed E-state index contributed by atoms with van der Waals surface area (Å²) in [6, 6.07) is 11.0. The summed E-state index contributed by atoms with van der Waals surface area (Å²) in [5.74, 6) is 0.194. The maximum absolute atomic E-state index is 13.1. The molecule has 0 aliphatic rings. The average Bonchev–Trinajstić information content (AvgIpc) is 3.34. The van der Waals surface area contributed by atoms with Gasteiger partial charge in [-0.15, -0.1) is 10.2 Å². The smallest absolute Gasteiger partial charge is 0.385 e. The summed E-state index contributed by atoms with van der Waals surface area (Å²) in [5.41, 5.74) is -0.0984. The number of benzene rings is 2. The molecule has 0 spiro atoms. The summed E-state index contributed by atoms with van der Waals surface area (Å²) < 4.78 is 42.0. The van der Waals surface area contributed by atoms with Crippen molar-refractivity contribution in [3.8, 4) is 17.1 Å². The van der Waals surface area contributed by atoms with Crippen molar-refractivity contribution in [1.29, 1.82) is 0 Å². The van der Waals surface area contributed by atoms with Gasteiger partial charge >= 0.3 is 11.9 Å². The molecule has 4 rings (SSSR count). The minimum absolute atomic E-state index is 0.0326. The number of aliphatic hydroxyl groups excluding tert-OH is 1. The Labute approximate surface area is 217 Å². The van der Waals surface area contributed by atoms with Crippen molar-refractivity contribution in [2.45, 2.75) is 38.7 Å². The normalized spacial score (nSPS) is 12.8. The highest BCUT2D eigenvalue weighted by Crippen LogP contribution is 2.30. The molecule has 4 aromatic rings. The van der Waals surface area contributed by atoms with Crippen LogP contribution in [0.4, 0.5) is 13.2 Å². The lowest BCUT2D eigenvalue weighted by atomic mass is 10.2. The van der Waals surface area contributed by atoms with Gasteiger partial charge in [-0.25, -0.2) is 19.1 Å². The highest BCUT2D eigenvalue weighted by atomic mass is 35.5. The van der Waals surface area contributed by atoms with Crippen molar-refractivity contribution in [3.63, 3.8) is 0 Å². The number of aromatic nitrogens is 6. The van der Waals surface area contributed by atoms with Crippen molar-refractivity contribution >= 4 is 34.8 Å². The monoisotopic (exact) mass is 560 g/mol. The van der Waals surface area contributed by atoms with Crippen LogP contribution in [0.15, 0.2) is 47.3 Å². The number of alkyl halides is 3. The van der Waals surface area contributed by atoms with Crippen molar-refractivity contribution in [3.05, 3.63) is 79.7 Å². The minimum Gasteiger partial charge on any atom is -0.385 e. The third kappa shape index (κ3) is 5.59. The first-order valence-electron chi connectivity index (χ1n) is 10.5. The van der Waals surface area contributed by atoms with Crippen LogP contribution in [0, 0.1) is 0 Å². The lowest BCUT2D eigenvalue weighted by molar-refractivity contribution is -0.136. The number of hydrogen-bond donors (Lipinski definition) is 1. The molecule has 1 unspecified atom stereocenters. The number of para-hydroxylation sites is 1. The molecule has 36 heavy (non-hydrogen) atoms. The number of hydrogen-bond acceptors (Lipinski definition) is 5. The van der Waals surface area contributed by atoms with Crippen LogP contribution in [0.1, 0.15) is 31.1 Å². The van der Waals surface area contributed by atoms with Gasteiger partial charge in [0.2, 0.25) is 0 Å². The number of halogens is 6. The Balaban J connectivity index is 1.77. The van der Waals surface area contributed by atoms with E-state index in [2.05, 4.69) is 15.2 Å². The van der Waals surface area contributed by atoms with Gasteiger partial charge in [-0.2, -0.15) is 13.2 Å². The van der Waals surface area contributed by atoms with Gasteiger partial charge in [0.1, 0.15) is 18.3 Å². The van der Waals surface area contributed by atoms with Crippen LogP contribution in [0.5, 0.6) is 0 Å². The van der Waals surface area contributed by atoms with E-state index < -0.39 is 30.9 Å². The van der Waals surface area contributed by atoms with Crippen LogP contribution in [0.25, 0.3) is 17.1 Å². The summed E-state index contributed by atoms with van der Waals surface area (Å²) in [4.78, 5) is 17.4. The number of rotatable bonds is 7. The second-order valence-electron chi connectivity index (χ2n) is 7.83. The van der Waals surface area contributed by atoms with E-state index in [4.69, 9.17) is 34.8 Å². The van der Waals surface area contributed by atoms with E-state index in [0.29, 0.717) is 10.6 Å². The van der Waals surface area contributed by atoms with Gasteiger partial charge in [0.25, 0.3) is 0 Å². The Morgan fingerprint density at radius 1 is 1.03 bits per heavy atom. The lowest BCUT2D eigenvalue weighted by Crippen LogP contribution is -2.27. The Morgan fingerprint density at radius 2 is 1.67 bits per heavy atom. The number of nitrogens with zero attached hydrogens (tertiary/aromatic N) is 6. The summed E-state index contributed by atoms with van der Waals surface area (Å²) in [6.07, 6.45) is -6.77. The fourth-order valence-corrected chi connectivity index (χ4v) is 4.18. The second-order valence-corrected chi connectivity index (χ2v) is 9.08. The van der Waals surface area contributed by atoms with Crippen LogP contribution in [-0.2, 0) is 13.1 Å². The molecule has 0 aliphatic heterocycles. The zero-order chi connectivity index (χ0) is 26.2. The number of aliphatic hydroxyl groups is 1. The highest BCUT2D eigenvalue weighted by molar-refractivity contribution is 6.37. The molecule has 1 N–H and O–H groups in total. The van der Waals surface area contributed by atoms with Crippen LogP contribution in [0.3, 0.4) is 0 Å². The van der Waals surface area contributed by atoms with E-state index in [9.17, 15) is 23.1 Å². The van der Waals surface area contributed by atoms with E-state index in [1.165, 1.54) is 11.6 Å². The van der Waals surface area contributed by atoms with Gasteiger partial charge in [0.05, 0.1) is 16.5 Å². The summed E-state index contributed by atoms with van der Waals surface area (Å²) in [7, 11) is 0. The Kier molecular flexibility index (Phi) is 7.46. The molecular formula is C22H18Cl3F3N6O2. The van der Waals surface area contributed by atoms with E-state index in [1.54, 1.807) is 42.5 Å². The first-order valence-corrected chi connectivity index (χ1v) is 11.7. The van der Waals surface area contributed by atoms with Crippen molar-refractivity contribution in [1.82, 2.24) is 29.1 Å². The predicted octanol–water partition coefficient (Wildman–Crippen LogP) is 5.31. The third-order valence-electron chi connectivity index (χ3n) is 5.13. The molecule has 0 aliphatic carbocycles. The van der Waals surface area contributed by atoms with Crippen LogP contribution >= 0.6 is 34.8 Å². The summed E-state index contributed by atoms with van der Waals surface area (Å²) in [5, 5.41) is 19.7. The second kappa shape index (κ2) is 10.3. The van der Waals surface area contributed by atoms with Crippen LogP contribution in [0.2, 0.25) is 15.1 Å². The quantitative estimate of drug-likeness (QED) is 0.330. The van der Waals surface area contributed by atoms with Gasteiger partial charge in [-0.1, -0.05) is 40.9 Å². The predicted molar refractivity (Wildman–Crippen MR) is 129 cm³/mol. The summed E-state index contributed by atoms with van der Waals surface area (Å²) in [6.45, 7) is 0.551. The SMILES string of the molecule is CC(O)c1nc(Cn2nc(-c3ccc(Cl)cc3)n(CCC(F)(F)F)c2=O)nn1-c1c(Cl)cccc1Cl. The molecular weight excluding hydrogens is 544 g/mol. The molecule has 0 saturated carbocycles. The van der Waals surface area contributed by atoms with Gasteiger partial charge in [-0.05, 0) is 43.3 Å². The van der Waals surface area contributed by atoms with Crippen molar-refractivity contribution < 1.29 is 18.3 Å². The maximum Gasteiger partial charge on any atom is 0.390 e. The topological polar surface area (TPSA) is 90.8 Å². The fraction of sp³-hybridized carbons (Fsp3) is 0.273. The largest absolute Gasteiger partial charge is 0.390 e.